The minimum atomic E-state index is 0.0454. The molecule has 1 aliphatic heterocycles. The van der Waals surface area contributed by atoms with E-state index in [4.69, 9.17) is 9.47 Å². The van der Waals surface area contributed by atoms with Crippen molar-refractivity contribution in [3.05, 3.63) is 48.0 Å². The number of ketones is 1. The second-order valence-electron chi connectivity index (χ2n) is 5.51. The number of nitrogens with zero attached hydrogens (tertiary/aromatic N) is 2. The molecule has 0 radical (unpaired) electrons. The van der Waals surface area contributed by atoms with Gasteiger partial charge in [-0.1, -0.05) is 23.9 Å². The van der Waals surface area contributed by atoms with Crippen molar-refractivity contribution in [1.82, 2.24) is 9.55 Å². The molecule has 0 aliphatic carbocycles. The summed E-state index contributed by atoms with van der Waals surface area (Å²) in [4.78, 5) is 17.1. The summed E-state index contributed by atoms with van der Waals surface area (Å²) >= 11 is 1.44. The Morgan fingerprint density at radius 2 is 1.96 bits per heavy atom. The molecular formula is C18H16N2O3S. The Morgan fingerprint density at radius 3 is 2.79 bits per heavy atom. The maximum absolute atomic E-state index is 12.5. The number of aromatic nitrogens is 2. The number of thioether (sulfide) groups is 1. The van der Waals surface area contributed by atoms with E-state index in [1.54, 1.807) is 18.2 Å². The second kappa shape index (κ2) is 6.20. The van der Waals surface area contributed by atoms with Crippen LogP contribution in [0.3, 0.4) is 0 Å². The molecule has 0 saturated heterocycles. The predicted molar refractivity (Wildman–Crippen MR) is 93.2 cm³/mol. The van der Waals surface area contributed by atoms with E-state index in [0.717, 1.165) is 16.2 Å². The Morgan fingerprint density at radius 1 is 1.17 bits per heavy atom. The van der Waals surface area contributed by atoms with Crippen LogP contribution in [0.4, 0.5) is 0 Å². The van der Waals surface area contributed by atoms with Crippen LogP contribution in [-0.2, 0) is 7.05 Å². The highest BCUT2D eigenvalue weighted by Crippen LogP contribution is 2.31. The van der Waals surface area contributed by atoms with Crippen molar-refractivity contribution in [3.63, 3.8) is 0 Å². The average Bonchev–Trinajstić information content (AvgIpc) is 2.95. The van der Waals surface area contributed by atoms with Crippen LogP contribution in [0.2, 0.25) is 0 Å². The summed E-state index contributed by atoms with van der Waals surface area (Å²) in [5, 5.41) is 0.835. The van der Waals surface area contributed by atoms with Gasteiger partial charge in [-0.05, 0) is 30.3 Å². The highest BCUT2D eigenvalue weighted by Gasteiger charge is 2.16. The van der Waals surface area contributed by atoms with Gasteiger partial charge in [0.05, 0.1) is 16.8 Å². The molecule has 5 nitrogen and oxygen atoms in total. The molecule has 24 heavy (non-hydrogen) atoms. The Bertz CT molecular complexity index is 920. The fraction of sp³-hybridized carbons (Fsp3) is 0.222. The van der Waals surface area contributed by atoms with Gasteiger partial charge in [0.25, 0.3) is 0 Å². The third-order valence-corrected chi connectivity index (χ3v) is 4.97. The first-order valence-corrected chi connectivity index (χ1v) is 8.68. The molecule has 4 rings (SSSR count). The van der Waals surface area contributed by atoms with Gasteiger partial charge >= 0.3 is 0 Å². The first kappa shape index (κ1) is 15.1. The highest BCUT2D eigenvalue weighted by atomic mass is 32.2. The summed E-state index contributed by atoms with van der Waals surface area (Å²) < 4.78 is 13.0. The molecule has 2 heterocycles. The van der Waals surface area contributed by atoms with Crippen molar-refractivity contribution in [2.24, 2.45) is 7.05 Å². The maximum Gasteiger partial charge on any atom is 0.173 e. The normalized spacial score (nSPS) is 13.2. The van der Waals surface area contributed by atoms with Gasteiger partial charge < -0.3 is 14.0 Å². The minimum Gasteiger partial charge on any atom is -0.486 e. The van der Waals surface area contributed by atoms with E-state index in [9.17, 15) is 4.79 Å². The number of para-hydroxylation sites is 2. The van der Waals surface area contributed by atoms with Crippen LogP contribution in [0, 0.1) is 0 Å². The number of rotatable bonds is 4. The zero-order valence-electron chi connectivity index (χ0n) is 13.2. The van der Waals surface area contributed by atoms with Crippen molar-refractivity contribution in [2.75, 3.05) is 19.0 Å². The molecule has 0 atom stereocenters. The number of hydrogen-bond acceptors (Lipinski definition) is 5. The monoisotopic (exact) mass is 340 g/mol. The number of aryl methyl sites for hydroxylation is 1. The molecule has 0 saturated carbocycles. The Labute approximate surface area is 143 Å². The number of ether oxygens (including phenoxy) is 2. The number of carbonyl (C=O) groups is 1. The van der Waals surface area contributed by atoms with Crippen molar-refractivity contribution in [2.45, 2.75) is 5.16 Å². The van der Waals surface area contributed by atoms with Crippen LogP contribution < -0.4 is 9.47 Å². The van der Waals surface area contributed by atoms with E-state index in [0.29, 0.717) is 36.0 Å². The highest BCUT2D eigenvalue weighted by molar-refractivity contribution is 7.99. The molecule has 1 aromatic heterocycles. The van der Waals surface area contributed by atoms with E-state index in [1.807, 2.05) is 35.9 Å². The summed E-state index contributed by atoms with van der Waals surface area (Å²) in [6.07, 6.45) is 0. The molecule has 0 unspecified atom stereocenters. The van der Waals surface area contributed by atoms with Gasteiger partial charge in [0.2, 0.25) is 0 Å². The minimum absolute atomic E-state index is 0.0454. The lowest BCUT2D eigenvalue weighted by atomic mass is 10.1. The molecule has 0 fully saturated rings. The number of fused-ring (bicyclic) bond motifs is 2. The fourth-order valence-corrected chi connectivity index (χ4v) is 3.56. The first-order valence-electron chi connectivity index (χ1n) is 7.69. The topological polar surface area (TPSA) is 53.4 Å². The van der Waals surface area contributed by atoms with Crippen LogP contribution >= 0.6 is 11.8 Å². The number of Topliss-reactive ketones (excluding diaryl/α,β-unsaturated/α-hetero) is 1. The number of imidazole rings is 1. The second-order valence-corrected chi connectivity index (χ2v) is 6.45. The third kappa shape index (κ3) is 2.73. The van der Waals surface area contributed by atoms with E-state index >= 15 is 0 Å². The number of hydrogen-bond donors (Lipinski definition) is 0. The average molecular weight is 340 g/mol. The van der Waals surface area contributed by atoms with Crippen molar-refractivity contribution in [1.29, 1.82) is 0 Å². The molecule has 0 bridgehead atoms. The zero-order valence-corrected chi connectivity index (χ0v) is 14.0. The van der Waals surface area contributed by atoms with Crippen LogP contribution in [0.15, 0.2) is 47.6 Å². The van der Waals surface area contributed by atoms with Gasteiger partial charge in [-0.15, -0.1) is 0 Å². The van der Waals surface area contributed by atoms with Gasteiger partial charge in [-0.2, -0.15) is 0 Å². The lowest BCUT2D eigenvalue weighted by Gasteiger charge is -2.18. The summed E-state index contributed by atoms with van der Waals surface area (Å²) in [5.74, 6) is 1.71. The summed E-state index contributed by atoms with van der Waals surface area (Å²) in [6.45, 7) is 1.06. The Hall–Kier alpha value is -2.47. The molecule has 0 N–H and O–H groups in total. The largest absolute Gasteiger partial charge is 0.486 e. The maximum atomic E-state index is 12.5. The van der Waals surface area contributed by atoms with Crippen molar-refractivity contribution >= 4 is 28.6 Å². The Kier molecular flexibility index (Phi) is 3.90. The summed E-state index contributed by atoms with van der Waals surface area (Å²) in [6, 6.07) is 13.3. The predicted octanol–water partition coefficient (Wildman–Crippen LogP) is 3.32. The van der Waals surface area contributed by atoms with Crippen LogP contribution in [0.25, 0.3) is 11.0 Å². The number of benzene rings is 2. The molecule has 6 heteroatoms. The van der Waals surface area contributed by atoms with Crippen LogP contribution in [0.1, 0.15) is 10.4 Å². The SMILES string of the molecule is Cn1c(SCC(=O)c2ccc3c(c2)OCCO3)nc2ccccc21. The van der Waals surface area contributed by atoms with Crippen molar-refractivity contribution < 1.29 is 14.3 Å². The van der Waals surface area contributed by atoms with Crippen LogP contribution in [0.5, 0.6) is 11.5 Å². The molecule has 122 valence electrons. The fourth-order valence-electron chi connectivity index (χ4n) is 2.68. The molecule has 3 aromatic rings. The van der Waals surface area contributed by atoms with E-state index in [1.165, 1.54) is 11.8 Å². The lowest BCUT2D eigenvalue weighted by molar-refractivity contribution is 0.102. The zero-order chi connectivity index (χ0) is 16.5. The van der Waals surface area contributed by atoms with E-state index < -0.39 is 0 Å². The molecule has 0 amide bonds. The van der Waals surface area contributed by atoms with Crippen molar-refractivity contribution in [3.8, 4) is 11.5 Å². The Balaban J connectivity index is 1.50. The smallest absolute Gasteiger partial charge is 0.173 e. The molecule has 0 spiro atoms. The van der Waals surface area contributed by atoms with E-state index in [2.05, 4.69) is 4.98 Å². The molecule has 2 aromatic carbocycles. The van der Waals surface area contributed by atoms with E-state index in [-0.39, 0.29) is 5.78 Å². The van der Waals surface area contributed by atoms with Gasteiger partial charge in [-0.25, -0.2) is 4.98 Å². The number of carbonyl (C=O) groups excluding carboxylic acids is 1. The molecule has 1 aliphatic rings. The van der Waals surface area contributed by atoms with Crippen LogP contribution in [-0.4, -0.2) is 34.3 Å². The summed E-state index contributed by atoms with van der Waals surface area (Å²) in [5.41, 5.74) is 2.63. The van der Waals surface area contributed by atoms with Gasteiger partial charge in [-0.3, -0.25) is 4.79 Å². The van der Waals surface area contributed by atoms with Gasteiger partial charge in [0.1, 0.15) is 13.2 Å². The molecular weight excluding hydrogens is 324 g/mol. The van der Waals surface area contributed by atoms with Gasteiger partial charge in [0, 0.05) is 12.6 Å². The third-order valence-electron chi connectivity index (χ3n) is 3.94. The lowest BCUT2D eigenvalue weighted by Crippen LogP contribution is -2.16. The first-order chi connectivity index (χ1) is 11.7. The summed E-state index contributed by atoms with van der Waals surface area (Å²) in [7, 11) is 1.96. The standard InChI is InChI=1S/C18H16N2O3S/c1-20-14-5-3-2-4-13(14)19-18(20)24-11-15(21)12-6-7-16-17(10-12)23-9-8-22-16/h2-7,10H,8-9,11H2,1H3. The van der Waals surface area contributed by atoms with Gasteiger partial charge in [0.15, 0.2) is 22.4 Å². The quantitative estimate of drug-likeness (QED) is 0.539.